The van der Waals surface area contributed by atoms with Crippen LogP contribution in [0.4, 0.5) is 5.00 Å². The fourth-order valence-electron chi connectivity index (χ4n) is 4.47. The Balaban J connectivity index is 1.77. The number of phenolic OH excluding ortho intramolecular Hbond substituents is 1. The Bertz CT molecular complexity index is 894. The molecular weight excluding hydrogens is 358 g/mol. The molecule has 2 atom stereocenters. The van der Waals surface area contributed by atoms with Crippen molar-refractivity contribution in [2.45, 2.75) is 52.4 Å². The molecule has 0 saturated heterocycles. The molecule has 0 spiro atoms. The molecule has 0 saturated carbocycles. The SMILES string of the molecule is COc1cc([C@H]2CC(=O)Nc3sc4c(c32)CC[C@@H](C(C)(C)C)C4)ccc1O. The molecule has 0 fully saturated rings. The monoisotopic (exact) mass is 385 g/mol. The van der Waals surface area contributed by atoms with E-state index in [1.807, 2.05) is 12.1 Å². The lowest BCUT2D eigenvalue weighted by molar-refractivity contribution is -0.116. The summed E-state index contributed by atoms with van der Waals surface area (Å²) in [4.78, 5) is 13.8. The number of methoxy groups -OCH3 is 1. The number of amides is 1. The Labute approximate surface area is 164 Å². The zero-order valence-corrected chi connectivity index (χ0v) is 17.2. The van der Waals surface area contributed by atoms with Crippen LogP contribution in [0.25, 0.3) is 0 Å². The number of anilines is 1. The fourth-order valence-corrected chi connectivity index (χ4v) is 5.88. The maximum Gasteiger partial charge on any atom is 0.225 e. The Morgan fingerprint density at radius 2 is 2.04 bits per heavy atom. The van der Waals surface area contributed by atoms with Gasteiger partial charge in [-0.25, -0.2) is 0 Å². The van der Waals surface area contributed by atoms with Crippen LogP contribution >= 0.6 is 11.3 Å². The third kappa shape index (κ3) is 3.22. The smallest absolute Gasteiger partial charge is 0.225 e. The summed E-state index contributed by atoms with van der Waals surface area (Å²) in [5, 5.41) is 14.1. The van der Waals surface area contributed by atoms with Crippen LogP contribution in [0, 0.1) is 11.3 Å². The molecule has 2 heterocycles. The number of thiophene rings is 1. The molecule has 0 unspecified atom stereocenters. The number of hydrogen-bond acceptors (Lipinski definition) is 4. The van der Waals surface area contributed by atoms with Crippen molar-refractivity contribution in [1.29, 1.82) is 0 Å². The summed E-state index contributed by atoms with van der Waals surface area (Å²) in [5.74, 6) is 1.34. The molecule has 1 aromatic carbocycles. The lowest BCUT2D eigenvalue weighted by Gasteiger charge is -2.34. The van der Waals surface area contributed by atoms with Gasteiger partial charge in [-0.1, -0.05) is 26.8 Å². The summed E-state index contributed by atoms with van der Waals surface area (Å²) in [7, 11) is 1.55. The van der Waals surface area contributed by atoms with Crippen molar-refractivity contribution in [3.8, 4) is 11.5 Å². The molecule has 0 bridgehead atoms. The first-order valence-corrected chi connectivity index (χ1v) is 10.4. The van der Waals surface area contributed by atoms with Gasteiger partial charge in [-0.3, -0.25) is 4.79 Å². The van der Waals surface area contributed by atoms with E-state index in [-0.39, 0.29) is 17.6 Å². The number of carbonyl (C=O) groups excluding carboxylic acids is 1. The summed E-state index contributed by atoms with van der Waals surface area (Å²) >= 11 is 1.76. The second-order valence-corrected chi connectivity index (χ2v) is 9.89. The Morgan fingerprint density at radius 1 is 1.26 bits per heavy atom. The summed E-state index contributed by atoms with van der Waals surface area (Å²) < 4.78 is 5.29. The van der Waals surface area contributed by atoms with Gasteiger partial charge in [0.2, 0.25) is 5.91 Å². The summed E-state index contributed by atoms with van der Waals surface area (Å²) in [5.41, 5.74) is 4.05. The van der Waals surface area contributed by atoms with Gasteiger partial charge in [-0.05, 0) is 59.4 Å². The van der Waals surface area contributed by atoms with Gasteiger partial charge >= 0.3 is 0 Å². The fraction of sp³-hybridized carbons (Fsp3) is 0.500. The van der Waals surface area contributed by atoms with Crippen molar-refractivity contribution in [2.24, 2.45) is 11.3 Å². The number of hydrogen-bond donors (Lipinski definition) is 2. The van der Waals surface area contributed by atoms with E-state index in [1.54, 1.807) is 24.5 Å². The molecule has 4 nitrogen and oxygen atoms in total. The van der Waals surface area contributed by atoms with Crippen LogP contribution in [0.5, 0.6) is 11.5 Å². The molecule has 1 aliphatic carbocycles. The van der Waals surface area contributed by atoms with Crippen molar-refractivity contribution in [3.63, 3.8) is 0 Å². The van der Waals surface area contributed by atoms with Crippen LogP contribution < -0.4 is 10.1 Å². The van der Waals surface area contributed by atoms with E-state index in [2.05, 4.69) is 26.1 Å². The van der Waals surface area contributed by atoms with E-state index >= 15 is 0 Å². The molecule has 4 rings (SSSR count). The lowest BCUT2D eigenvalue weighted by Crippen LogP contribution is -2.27. The van der Waals surface area contributed by atoms with E-state index in [4.69, 9.17) is 4.74 Å². The molecule has 1 amide bonds. The minimum atomic E-state index is 0.0226. The number of ether oxygens (including phenoxy) is 1. The van der Waals surface area contributed by atoms with Gasteiger partial charge in [-0.2, -0.15) is 0 Å². The van der Waals surface area contributed by atoms with Crippen LogP contribution in [-0.2, 0) is 17.6 Å². The first kappa shape index (κ1) is 18.4. The first-order chi connectivity index (χ1) is 12.8. The van der Waals surface area contributed by atoms with Gasteiger partial charge < -0.3 is 15.2 Å². The Hall–Kier alpha value is -2.01. The Morgan fingerprint density at radius 3 is 2.74 bits per heavy atom. The molecule has 5 heteroatoms. The average molecular weight is 386 g/mol. The van der Waals surface area contributed by atoms with E-state index in [9.17, 15) is 9.90 Å². The summed E-state index contributed by atoms with van der Waals surface area (Å²) in [6.07, 6.45) is 3.80. The first-order valence-electron chi connectivity index (χ1n) is 9.59. The quantitative estimate of drug-likeness (QED) is 0.757. The van der Waals surface area contributed by atoms with E-state index < -0.39 is 0 Å². The van der Waals surface area contributed by atoms with Gasteiger partial charge in [0.05, 0.1) is 12.1 Å². The molecular formula is C22H27NO3S. The van der Waals surface area contributed by atoms with Gasteiger partial charge in [0.25, 0.3) is 0 Å². The molecule has 1 aliphatic heterocycles. The topological polar surface area (TPSA) is 58.6 Å². The molecule has 144 valence electrons. The number of carbonyl (C=O) groups is 1. The van der Waals surface area contributed by atoms with Crippen LogP contribution in [0.15, 0.2) is 18.2 Å². The van der Waals surface area contributed by atoms with Gasteiger partial charge in [0.15, 0.2) is 11.5 Å². The third-order valence-corrected chi connectivity index (χ3v) is 7.31. The standard InChI is InChI=1S/C22H27NO3S/c1-22(2,3)13-6-7-14-18(10-13)27-21-20(14)15(11-19(25)23-21)12-5-8-16(24)17(9-12)26-4/h5,8-9,13,15,24H,6-7,10-11H2,1-4H3,(H,23,25)/t13-,15-/m1/s1. The molecule has 2 aliphatic rings. The predicted molar refractivity (Wildman–Crippen MR) is 109 cm³/mol. The number of aromatic hydroxyl groups is 1. The minimum absolute atomic E-state index is 0.0226. The largest absolute Gasteiger partial charge is 0.504 e. The van der Waals surface area contributed by atoms with Gasteiger partial charge in [0, 0.05) is 17.2 Å². The predicted octanol–water partition coefficient (Wildman–Crippen LogP) is 5.09. The highest BCUT2D eigenvalue weighted by Crippen LogP contribution is 2.50. The molecule has 1 aromatic heterocycles. The van der Waals surface area contributed by atoms with Crippen molar-refractivity contribution in [3.05, 3.63) is 39.8 Å². The zero-order valence-electron chi connectivity index (χ0n) is 16.4. The zero-order chi connectivity index (χ0) is 19.3. The van der Waals surface area contributed by atoms with Crippen molar-refractivity contribution in [1.82, 2.24) is 0 Å². The van der Waals surface area contributed by atoms with Crippen LogP contribution in [0.2, 0.25) is 0 Å². The molecule has 27 heavy (non-hydrogen) atoms. The second kappa shape index (κ2) is 6.55. The highest BCUT2D eigenvalue weighted by Gasteiger charge is 2.37. The molecule has 2 aromatic rings. The maximum absolute atomic E-state index is 12.4. The van der Waals surface area contributed by atoms with Crippen LogP contribution in [0.1, 0.15) is 61.1 Å². The van der Waals surface area contributed by atoms with Crippen molar-refractivity contribution < 1.29 is 14.6 Å². The molecule has 0 radical (unpaired) electrons. The van der Waals surface area contributed by atoms with Gasteiger partial charge in [-0.15, -0.1) is 11.3 Å². The number of phenols is 1. The highest BCUT2D eigenvalue weighted by atomic mass is 32.1. The number of nitrogens with one attached hydrogen (secondary N) is 1. The maximum atomic E-state index is 12.4. The second-order valence-electron chi connectivity index (χ2n) is 8.79. The number of rotatable bonds is 2. The third-order valence-electron chi connectivity index (χ3n) is 6.13. The van der Waals surface area contributed by atoms with Crippen molar-refractivity contribution >= 4 is 22.2 Å². The van der Waals surface area contributed by atoms with E-state index in [1.165, 1.54) is 22.4 Å². The highest BCUT2D eigenvalue weighted by molar-refractivity contribution is 7.16. The van der Waals surface area contributed by atoms with Crippen LogP contribution in [0.3, 0.4) is 0 Å². The summed E-state index contributed by atoms with van der Waals surface area (Å²) in [6, 6.07) is 5.44. The minimum Gasteiger partial charge on any atom is -0.504 e. The van der Waals surface area contributed by atoms with E-state index in [0.29, 0.717) is 23.5 Å². The van der Waals surface area contributed by atoms with E-state index in [0.717, 1.165) is 23.4 Å². The molecule has 2 N–H and O–H groups in total. The van der Waals surface area contributed by atoms with Crippen LogP contribution in [-0.4, -0.2) is 18.1 Å². The van der Waals surface area contributed by atoms with Crippen molar-refractivity contribution in [2.75, 3.05) is 12.4 Å². The number of fused-ring (bicyclic) bond motifs is 3. The van der Waals surface area contributed by atoms with Gasteiger partial charge in [0.1, 0.15) is 0 Å². The number of benzene rings is 1. The normalized spacial score (nSPS) is 22.0. The Kier molecular flexibility index (Phi) is 4.46. The lowest BCUT2D eigenvalue weighted by atomic mass is 9.71. The summed E-state index contributed by atoms with van der Waals surface area (Å²) in [6.45, 7) is 6.97. The average Bonchev–Trinajstić information content (AvgIpc) is 2.97.